The van der Waals surface area contributed by atoms with E-state index in [1.54, 1.807) is 6.21 Å². The Balaban J connectivity index is 1.87. The van der Waals surface area contributed by atoms with Crippen LogP contribution in [0.2, 0.25) is 0 Å². The van der Waals surface area contributed by atoms with Crippen molar-refractivity contribution in [3.8, 4) is 0 Å². The molecule has 0 radical (unpaired) electrons. The first-order valence-corrected chi connectivity index (χ1v) is 6.75. The van der Waals surface area contributed by atoms with Crippen LogP contribution >= 0.6 is 0 Å². The van der Waals surface area contributed by atoms with Crippen molar-refractivity contribution >= 4 is 17.8 Å². The molecular weight excluding hydrogens is 258 g/mol. The summed E-state index contributed by atoms with van der Waals surface area (Å²) >= 11 is 0. The second-order valence-corrected chi connectivity index (χ2v) is 4.92. The predicted octanol–water partition coefficient (Wildman–Crippen LogP) is 2.89. The van der Waals surface area contributed by atoms with Crippen LogP contribution in [0.3, 0.4) is 0 Å². The molecule has 6 heteroatoms. The first-order chi connectivity index (χ1) is 9.66. The molecule has 1 aromatic carbocycles. The average molecular weight is 275 g/mol. The number of nitro benzene ring substituents is 1. The van der Waals surface area contributed by atoms with E-state index in [0.29, 0.717) is 11.5 Å². The fraction of sp³-hybridized carbons (Fsp3) is 0.429. The summed E-state index contributed by atoms with van der Waals surface area (Å²) in [6.07, 6.45) is 7.75. The predicted molar refractivity (Wildman–Crippen MR) is 75.6 cm³/mol. The summed E-state index contributed by atoms with van der Waals surface area (Å²) in [6, 6.07) is 5.45. The van der Waals surface area contributed by atoms with E-state index in [4.69, 9.17) is 0 Å². The van der Waals surface area contributed by atoms with Crippen LogP contribution in [0.5, 0.6) is 0 Å². The van der Waals surface area contributed by atoms with Crippen LogP contribution in [0.1, 0.15) is 42.5 Å². The van der Waals surface area contributed by atoms with Gasteiger partial charge in [0.25, 0.3) is 11.6 Å². The second kappa shape index (κ2) is 6.79. The number of nitro groups is 1. The van der Waals surface area contributed by atoms with Crippen molar-refractivity contribution in [2.75, 3.05) is 0 Å². The zero-order valence-electron chi connectivity index (χ0n) is 11.1. The van der Waals surface area contributed by atoms with Gasteiger partial charge in [-0.2, -0.15) is 5.10 Å². The van der Waals surface area contributed by atoms with Gasteiger partial charge in [0.1, 0.15) is 0 Å². The molecule has 0 saturated heterocycles. The van der Waals surface area contributed by atoms with Gasteiger partial charge in [0.15, 0.2) is 0 Å². The van der Waals surface area contributed by atoms with Crippen molar-refractivity contribution in [2.24, 2.45) is 11.0 Å². The van der Waals surface area contributed by atoms with E-state index in [-0.39, 0.29) is 11.6 Å². The Hall–Kier alpha value is -2.24. The molecule has 1 aliphatic rings. The summed E-state index contributed by atoms with van der Waals surface area (Å²) in [5.74, 6) is 0.0906. The lowest BCUT2D eigenvalue weighted by molar-refractivity contribution is -0.384. The highest BCUT2D eigenvalue weighted by Gasteiger charge is 2.11. The van der Waals surface area contributed by atoms with Crippen LogP contribution < -0.4 is 5.43 Å². The van der Waals surface area contributed by atoms with E-state index in [0.717, 1.165) is 12.8 Å². The van der Waals surface area contributed by atoms with Crippen LogP contribution in [-0.4, -0.2) is 17.0 Å². The zero-order chi connectivity index (χ0) is 14.4. The molecule has 0 spiro atoms. The molecule has 0 aromatic heterocycles. The molecule has 0 heterocycles. The molecule has 6 nitrogen and oxygen atoms in total. The summed E-state index contributed by atoms with van der Waals surface area (Å²) in [4.78, 5) is 21.8. The van der Waals surface area contributed by atoms with Crippen molar-refractivity contribution in [3.05, 3.63) is 39.9 Å². The molecule has 0 bridgehead atoms. The molecule has 1 amide bonds. The number of nitrogens with zero attached hydrogens (tertiary/aromatic N) is 2. The first-order valence-electron chi connectivity index (χ1n) is 6.75. The highest BCUT2D eigenvalue weighted by molar-refractivity contribution is 5.94. The lowest BCUT2D eigenvalue weighted by atomic mass is 9.90. The smallest absolute Gasteiger partial charge is 0.267 e. The molecule has 106 valence electrons. The maximum atomic E-state index is 11.8. The highest BCUT2D eigenvalue weighted by atomic mass is 16.6. The van der Waals surface area contributed by atoms with Crippen LogP contribution in [0.15, 0.2) is 29.4 Å². The number of carbonyl (C=O) groups excluding carboxylic acids is 1. The third-order valence-electron chi connectivity index (χ3n) is 3.44. The Morgan fingerprint density at radius 2 is 1.90 bits per heavy atom. The molecule has 0 unspecified atom stereocenters. The van der Waals surface area contributed by atoms with Gasteiger partial charge in [-0.15, -0.1) is 0 Å². The third kappa shape index (κ3) is 3.88. The quantitative estimate of drug-likeness (QED) is 0.521. The first kappa shape index (κ1) is 14.2. The van der Waals surface area contributed by atoms with Crippen molar-refractivity contribution in [3.63, 3.8) is 0 Å². The minimum atomic E-state index is -0.497. The number of hydrazone groups is 1. The van der Waals surface area contributed by atoms with Crippen LogP contribution in [-0.2, 0) is 0 Å². The molecule has 2 rings (SSSR count). The number of amides is 1. The summed E-state index contributed by atoms with van der Waals surface area (Å²) < 4.78 is 0. The summed E-state index contributed by atoms with van der Waals surface area (Å²) in [7, 11) is 0. The monoisotopic (exact) mass is 275 g/mol. The summed E-state index contributed by atoms with van der Waals surface area (Å²) in [6.45, 7) is 0. The molecule has 0 aliphatic heterocycles. The lowest BCUT2D eigenvalue weighted by Gasteiger charge is -2.16. The molecule has 1 saturated carbocycles. The van der Waals surface area contributed by atoms with Gasteiger partial charge >= 0.3 is 0 Å². The number of rotatable bonds is 4. The van der Waals surface area contributed by atoms with E-state index < -0.39 is 4.92 Å². The van der Waals surface area contributed by atoms with Gasteiger partial charge in [-0.25, -0.2) is 5.43 Å². The number of benzene rings is 1. The third-order valence-corrected chi connectivity index (χ3v) is 3.44. The van der Waals surface area contributed by atoms with Gasteiger partial charge in [-0.05, 0) is 30.9 Å². The molecule has 20 heavy (non-hydrogen) atoms. The molecule has 1 N–H and O–H groups in total. The maximum absolute atomic E-state index is 11.8. The van der Waals surface area contributed by atoms with Crippen molar-refractivity contribution in [2.45, 2.75) is 32.1 Å². The van der Waals surface area contributed by atoms with Gasteiger partial charge in [0, 0.05) is 23.9 Å². The van der Waals surface area contributed by atoms with E-state index >= 15 is 0 Å². The Morgan fingerprint density at radius 1 is 1.25 bits per heavy atom. The van der Waals surface area contributed by atoms with Crippen LogP contribution in [0.4, 0.5) is 5.69 Å². The van der Waals surface area contributed by atoms with Crippen molar-refractivity contribution in [1.29, 1.82) is 0 Å². The van der Waals surface area contributed by atoms with Gasteiger partial charge in [-0.1, -0.05) is 19.3 Å². The normalized spacial score (nSPS) is 16.2. The molecule has 0 atom stereocenters. The minimum absolute atomic E-state index is 0.0349. The Bertz CT molecular complexity index is 505. The van der Waals surface area contributed by atoms with Gasteiger partial charge in [0.05, 0.1) is 4.92 Å². The zero-order valence-corrected chi connectivity index (χ0v) is 11.1. The standard InChI is InChI=1S/C14H17N3O3/c18-14(12-6-8-13(9-7-12)17(19)20)16-15-10-11-4-2-1-3-5-11/h6-11H,1-5H2,(H,16,18). The average Bonchev–Trinajstić information content (AvgIpc) is 2.48. The van der Waals surface area contributed by atoms with Crippen molar-refractivity contribution in [1.82, 2.24) is 5.43 Å². The number of non-ortho nitro benzene ring substituents is 1. The number of nitrogens with one attached hydrogen (secondary N) is 1. The molecular formula is C14H17N3O3. The van der Waals surface area contributed by atoms with Gasteiger partial charge in [0.2, 0.25) is 0 Å². The SMILES string of the molecule is O=C(NN=CC1CCCCC1)c1ccc([N+](=O)[O-])cc1. The highest BCUT2D eigenvalue weighted by Crippen LogP contribution is 2.21. The number of carbonyl (C=O) groups is 1. The van der Waals surface area contributed by atoms with E-state index in [2.05, 4.69) is 10.5 Å². The Morgan fingerprint density at radius 3 is 2.50 bits per heavy atom. The second-order valence-electron chi connectivity index (χ2n) is 4.92. The number of hydrogen-bond acceptors (Lipinski definition) is 4. The fourth-order valence-corrected chi connectivity index (χ4v) is 2.28. The van der Waals surface area contributed by atoms with Crippen LogP contribution in [0, 0.1) is 16.0 Å². The van der Waals surface area contributed by atoms with Gasteiger partial charge in [-0.3, -0.25) is 14.9 Å². The summed E-state index contributed by atoms with van der Waals surface area (Å²) in [5.41, 5.74) is 2.78. The topological polar surface area (TPSA) is 84.6 Å². The van der Waals surface area contributed by atoms with E-state index in [1.807, 2.05) is 0 Å². The van der Waals surface area contributed by atoms with Gasteiger partial charge < -0.3 is 0 Å². The largest absolute Gasteiger partial charge is 0.271 e. The Labute approximate surface area is 117 Å². The maximum Gasteiger partial charge on any atom is 0.271 e. The Kier molecular flexibility index (Phi) is 4.81. The molecule has 1 fully saturated rings. The van der Waals surface area contributed by atoms with Crippen molar-refractivity contribution < 1.29 is 9.72 Å². The van der Waals surface area contributed by atoms with E-state index in [9.17, 15) is 14.9 Å². The fourth-order valence-electron chi connectivity index (χ4n) is 2.28. The lowest BCUT2D eigenvalue weighted by Crippen LogP contribution is -2.19. The molecule has 1 aromatic rings. The molecule has 1 aliphatic carbocycles. The van der Waals surface area contributed by atoms with E-state index in [1.165, 1.54) is 43.5 Å². The number of hydrogen-bond donors (Lipinski definition) is 1. The van der Waals surface area contributed by atoms with Crippen LogP contribution in [0.25, 0.3) is 0 Å². The minimum Gasteiger partial charge on any atom is -0.267 e. The summed E-state index contributed by atoms with van der Waals surface area (Å²) in [5, 5.41) is 14.5.